The van der Waals surface area contributed by atoms with Crippen molar-refractivity contribution in [3.8, 4) is 17.0 Å². The molecule has 0 aliphatic carbocycles. The van der Waals surface area contributed by atoms with Gasteiger partial charge in [0.25, 0.3) is 5.91 Å². The minimum absolute atomic E-state index is 0.188. The fraction of sp³-hybridized carbons (Fsp3) is 0.0345. The summed E-state index contributed by atoms with van der Waals surface area (Å²) >= 11 is 0. The van der Waals surface area contributed by atoms with E-state index >= 15 is 0 Å². The first-order valence-electron chi connectivity index (χ1n) is 11.0. The van der Waals surface area contributed by atoms with Crippen LogP contribution in [-0.2, 0) is 0 Å². The van der Waals surface area contributed by atoms with Gasteiger partial charge in [-0.3, -0.25) is 4.79 Å². The number of hydrogen-bond donors (Lipinski definition) is 2. The number of nitrogens with one attached hydrogen (secondary N) is 2. The average Bonchev–Trinajstić information content (AvgIpc) is 2.89. The largest absolute Gasteiger partial charge is 0.497 e. The number of carbonyl (C=O) groups is 1. The molecule has 0 unspecified atom stereocenters. The molecular weight excluding hydrogens is 422 g/mol. The molecule has 34 heavy (non-hydrogen) atoms. The first-order valence-corrected chi connectivity index (χ1v) is 11.0. The van der Waals surface area contributed by atoms with Crippen LogP contribution in [0.4, 0.5) is 17.1 Å². The van der Waals surface area contributed by atoms with Gasteiger partial charge in [-0.1, -0.05) is 48.5 Å². The number of carbonyl (C=O) groups excluding carboxylic acids is 1. The molecule has 5 aromatic rings. The highest BCUT2D eigenvalue weighted by atomic mass is 16.5. The number of rotatable bonds is 6. The van der Waals surface area contributed by atoms with Crippen molar-refractivity contribution < 1.29 is 9.53 Å². The van der Waals surface area contributed by atoms with Crippen LogP contribution in [-0.4, -0.2) is 18.0 Å². The quantitative estimate of drug-likeness (QED) is 0.298. The Morgan fingerprint density at radius 3 is 2.24 bits per heavy atom. The van der Waals surface area contributed by atoms with Gasteiger partial charge in [-0.25, -0.2) is 4.98 Å². The van der Waals surface area contributed by atoms with Crippen molar-refractivity contribution in [3.63, 3.8) is 0 Å². The van der Waals surface area contributed by atoms with Crippen molar-refractivity contribution in [2.24, 2.45) is 0 Å². The predicted octanol–water partition coefficient (Wildman–Crippen LogP) is 6.91. The second-order valence-electron chi connectivity index (χ2n) is 7.83. The van der Waals surface area contributed by atoms with Gasteiger partial charge in [-0.2, -0.15) is 0 Å². The average molecular weight is 446 g/mol. The summed E-state index contributed by atoms with van der Waals surface area (Å²) in [4.78, 5) is 18.1. The summed E-state index contributed by atoms with van der Waals surface area (Å²) in [6.07, 6.45) is 0. The summed E-state index contributed by atoms with van der Waals surface area (Å²) in [6, 6.07) is 34.8. The Morgan fingerprint density at radius 1 is 0.735 bits per heavy atom. The molecule has 4 aromatic carbocycles. The fourth-order valence-electron chi connectivity index (χ4n) is 3.82. The molecule has 0 fully saturated rings. The number of amides is 1. The zero-order valence-electron chi connectivity index (χ0n) is 18.7. The van der Waals surface area contributed by atoms with Gasteiger partial charge in [0.2, 0.25) is 0 Å². The zero-order valence-corrected chi connectivity index (χ0v) is 18.7. The van der Waals surface area contributed by atoms with Gasteiger partial charge >= 0.3 is 0 Å². The maximum absolute atomic E-state index is 13.3. The van der Waals surface area contributed by atoms with Gasteiger partial charge in [0.15, 0.2) is 0 Å². The predicted molar refractivity (Wildman–Crippen MR) is 138 cm³/mol. The number of ether oxygens (including phenoxy) is 1. The van der Waals surface area contributed by atoms with E-state index in [9.17, 15) is 4.79 Å². The van der Waals surface area contributed by atoms with E-state index in [1.807, 2.05) is 109 Å². The molecule has 0 aliphatic rings. The number of anilines is 3. The summed E-state index contributed by atoms with van der Waals surface area (Å²) in [5.41, 5.74) is 5.59. The van der Waals surface area contributed by atoms with Crippen LogP contribution in [0.2, 0.25) is 0 Å². The summed E-state index contributed by atoms with van der Waals surface area (Å²) in [7, 11) is 1.63. The standard InChI is InChI=1S/C29H23N3O2/c1-34-24-11-7-8-20(18-24)28-19-26(25-12-5-6-13-27(25)32-28)29(33)31-23-16-14-22(15-17-23)30-21-9-3-2-4-10-21/h2-19,30H,1H3,(H,31,33). The maximum Gasteiger partial charge on any atom is 0.256 e. The van der Waals surface area contributed by atoms with E-state index in [0.717, 1.165) is 33.6 Å². The highest BCUT2D eigenvalue weighted by Gasteiger charge is 2.14. The van der Waals surface area contributed by atoms with Gasteiger partial charge in [-0.15, -0.1) is 0 Å². The highest BCUT2D eigenvalue weighted by molar-refractivity contribution is 6.13. The van der Waals surface area contributed by atoms with Crippen LogP contribution in [0.15, 0.2) is 109 Å². The monoisotopic (exact) mass is 445 g/mol. The van der Waals surface area contributed by atoms with Gasteiger partial charge in [0.1, 0.15) is 5.75 Å². The number of nitrogens with zero attached hydrogens (tertiary/aromatic N) is 1. The highest BCUT2D eigenvalue weighted by Crippen LogP contribution is 2.28. The minimum Gasteiger partial charge on any atom is -0.497 e. The van der Waals surface area contributed by atoms with E-state index in [-0.39, 0.29) is 5.91 Å². The molecule has 0 bridgehead atoms. The normalized spacial score (nSPS) is 10.6. The lowest BCUT2D eigenvalue weighted by Crippen LogP contribution is -2.13. The zero-order chi connectivity index (χ0) is 23.3. The molecule has 166 valence electrons. The molecule has 5 nitrogen and oxygen atoms in total. The lowest BCUT2D eigenvalue weighted by molar-refractivity contribution is 0.102. The van der Waals surface area contributed by atoms with Crippen LogP contribution in [0, 0.1) is 0 Å². The molecule has 1 aromatic heterocycles. The number of pyridine rings is 1. The van der Waals surface area contributed by atoms with Gasteiger partial charge in [-0.05, 0) is 60.7 Å². The van der Waals surface area contributed by atoms with Crippen molar-refractivity contribution in [1.82, 2.24) is 4.98 Å². The van der Waals surface area contributed by atoms with Crippen LogP contribution in [0.1, 0.15) is 10.4 Å². The smallest absolute Gasteiger partial charge is 0.256 e. The molecule has 0 saturated heterocycles. The molecule has 0 aliphatic heterocycles. The van der Waals surface area contributed by atoms with E-state index < -0.39 is 0 Å². The first-order chi connectivity index (χ1) is 16.7. The lowest BCUT2D eigenvalue weighted by Gasteiger charge is -2.12. The van der Waals surface area contributed by atoms with E-state index in [1.54, 1.807) is 7.11 Å². The van der Waals surface area contributed by atoms with E-state index in [4.69, 9.17) is 9.72 Å². The molecule has 0 atom stereocenters. The Labute approximate surface area is 198 Å². The molecule has 5 heteroatoms. The Balaban J connectivity index is 1.43. The number of fused-ring (bicyclic) bond motifs is 1. The molecule has 2 N–H and O–H groups in total. The van der Waals surface area contributed by atoms with Crippen LogP contribution >= 0.6 is 0 Å². The number of hydrogen-bond acceptors (Lipinski definition) is 4. The number of aromatic nitrogens is 1. The topological polar surface area (TPSA) is 63.2 Å². The van der Waals surface area contributed by atoms with Crippen LogP contribution < -0.4 is 15.4 Å². The molecular formula is C29H23N3O2. The van der Waals surface area contributed by atoms with Crippen molar-refractivity contribution in [1.29, 1.82) is 0 Å². The third kappa shape index (κ3) is 4.59. The van der Waals surface area contributed by atoms with Crippen LogP contribution in [0.3, 0.4) is 0 Å². The van der Waals surface area contributed by atoms with Crippen molar-refractivity contribution in [3.05, 3.63) is 115 Å². The summed E-state index contributed by atoms with van der Waals surface area (Å²) in [5, 5.41) is 7.17. The summed E-state index contributed by atoms with van der Waals surface area (Å²) in [5.74, 6) is 0.550. The first kappa shape index (κ1) is 21.2. The van der Waals surface area contributed by atoms with Gasteiger partial charge in [0.05, 0.1) is 23.9 Å². The molecule has 1 heterocycles. The van der Waals surface area contributed by atoms with Crippen molar-refractivity contribution >= 4 is 33.9 Å². The third-order valence-electron chi connectivity index (χ3n) is 5.53. The number of methoxy groups -OCH3 is 1. The Hall–Kier alpha value is -4.64. The molecule has 0 saturated carbocycles. The molecule has 0 radical (unpaired) electrons. The minimum atomic E-state index is -0.188. The van der Waals surface area contributed by atoms with Crippen LogP contribution in [0.5, 0.6) is 5.75 Å². The fourth-order valence-corrected chi connectivity index (χ4v) is 3.82. The Bertz CT molecular complexity index is 1450. The van der Waals surface area contributed by atoms with E-state index in [2.05, 4.69) is 10.6 Å². The van der Waals surface area contributed by atoms with E-state index in [1.165, 1.54) is 0 Å². The SMILES string of the molecule is COc1cccc(-c2cc(C(=O)Nc3ccc(Nc4ccccc4)cc3)c3ccccc3n2)c1. The van der Waals surface area contributed by atoms with E-state index in [0.29, 0.717) is 16.9 Å². The second-order valence-corrected chi connectivity index (χ2v) is 7.83. The summed E-state index contributed by atoms with van der Waals surface area (Å²) in [6.45, 7) is 0. The molecule has 1 amide bonds. The third-order valence-corrected chi connectivity index (χ3v) is 5.53. The van der Waals surface area contributed by atoms with Crippen molar-refractivity contribution in [2.45, 2.75) is 0 Å². The van der Waals surface area contributed by atoms with Crippen molar-refractivity contribution in [2.75, 3.05) is 17.7 Å². The molecule has 5 rings (SSSR count). The van der Waals surface area contributed by atoms with Crippen LogP contribution in [0.25, 0.3) is 22.2 Å². The van der Waals surface area contributed by atoms with Gasteiger partial charge in [0, 0.05) is 28.0 Å². The van der Waals surface area contributed by atoms with Gasteiger partial charge < -0.3 is 15.4 Å². The maximum atomic E-state index is 13.3. The Kier molecular flexibility index (Phi) is 5.91. The lowest BCUT2D eigenvalue weighted by atomic mass is 10.0. The summed E-state index contributed by atoms with van der Waals surface area (Å²) < 4.78 is 5.36. The Morgan fingerprint density at radius 2 is 1.44 bits per heavy atom. The second kappa shape index (κ2) is 9.46. The molecule has 0 spiro atoms. The number of para-hydroxylation sites is 2. The number of benzene rings is 4.